The molecule has 1 N–H and O–H groups in total. The van der Waals surface area contributed by atoms with Crippen LogP contribution in [0.2, 0.25) is 0 Å². The van der Waals surface area contributed by atoms with Gasteiger partial charge in [0.15, 0.2) is 0 Å². The molecule has 0 aliphatic carbocycles. The quantitative estimate of drug-likeness (QED) is 0.825. The fourth-order valence-corrected chi connectivity index (χ4v) is 3.09. The van der Waals surface area contributed by atoms with Gasteiger partial charge in [0.05, 0.1) is 11.6 Å². The largest absolute Gasteiger partial charge is 0.316 e. The average Bonchev–Trinajstić information content (AvgIpc) is 2.90. The van der Waals surface area contributed by atoms with Crippen LogP contribution in [-0.2, 0) is 6.54 Å². The number of benzene rings is 1. The Morgan fingerprint density at radius 1 is 1.24 bits per heavy atom. The highest BCUT2D eigenvalue weighted by atomic mass is 15.2. The van der Waals surface area contributed by atoms with E-state index >= 15 is 0 Å². The van der Waals surface area contributed by atoms with Crippen LogP contribution in [0.4, 0.5) is 0 Å². The Labute approximate surface area is 102 Å². The predicted octanol–water partition coefficient (Wildman–Crippen LogP) is 1.21. The van der Waals surface area contributed by atoms with E-state index in [1.54, 1.807) is 0 Å². The van der Waals surface area contributed by atoms with Crippen LogP contribution in [0.3, 0.4) is 0 Å². The van der Waals surface area contributed by atoms with Gasteiger partial charge in [-0.1, -0.05) is 18.2 Å². The lowest BCUT2D eigenvalue weighted by Crippen LogP contribution is -2.25. The Morgan fingerprint density at radius 3 is 2.65 bits per heavy atom. The molecule has 1 aromatic rings. The van der Waals surface area contributed by atoms with Gasteiger partial charge in [0.25, 0.3) is 0 Å². The van der Waals surface area contributed by atoms with E-state index in [9.17, 15) is 0 Å². The Balaban J connectivity index is 1.70. The number of nitriles is 1. The zero-order valence-corrected chi connectivity index (χ0v) is 9.89. The summed E-state index contributed by atoms with van der Waals surface area (Å²) in [6.07, 6.45) is 0. The third kappa shape index (κ3) is 2.06. The van der Waals surface area contributed by atoms with Gasteiger partial charge in [-0.15, -0.1) is 0 Å². The number of nitrogens with one attached hydrogen (secondary N) is 1. The zero-order chi connectivity index (χ0) is 11.7. The van der Waals surface area contributed by atoms with Gasteiger partial charge in [-0.05, 0) is 36.6 Å². The molecule has 0 spiro atoms. The molecule has 88 valence electrons. The lowest BCUT2D eigenvalue weighted by atomic mass is 10.0. The number of fused-ring (bicyclic) bond motifs is 1. The average molecular weight is 227 g/mol. The molecule has 2 aliphatic rings. The number of rotatable bonds is 2. The summed E-state index contributed by atoms with van der Waals surface area (Å²) in [5, 5.41) is 12.5. The number of hydrogen-bond donors (Lipinski definition) is 1. The van der Waals surface area contributed by atoms with Gasteiger partial charge < -0.3 is 5.32 Å². The lowest BCUT2D eigenvalue weighted by molar-refractivity contribution is 0.305. The van der Waals surface area contributed by atoms with Crippen LogP contribution in [0, 0.1) is 23.2 Å². The Hall–Kier alpha value is -1.37. The van der Waals surface area contributed by atoms with Gasteiger partial charge in [0.1, 0.15) is 0 Å². The topological polar surface area (TPSA) is 39.1 Å². The van der Waals surface area contributed by atoms with Gasteiger partial charge in [-0.2, -0.15) is 5.26 Å². The van der Waals surface area contributed by atoms with Crippen LogP contribution in [0.1, 0.15) is 11.1 Å². The van der Waals surface area contributed by atoms with E-state index in [2.05, 4.69) is 22.4 Å². The van der Waals surface area contributed by atoms with Crippen molar-refractivity contribution in [1.82, 2.24) is 10.2 Å². The van der Waals surface area contributed by atoms with Crippen molar-refractivity contribution in [3.05, 3.63) is 35.4 Å². The highest BCUT2D eigenvalue weighted by Crippen LogP contribution is 2.27. The molecule has 1 aromatic carbocycles. The highest BCUT2D eigenvalue weighted by molar-refractivity contribution is 5.37. The minimum atomic E-state index is 0.822. The van der Waals surface area contributed by atoms with Crippen LogP contribution >= 0.6 is 0 Å². The minimum absolute atomic E-state index is 0.822. The maximum absolute atomic E-state index is 9.08. The van der Waals surface area contributed by atoms with Crippen molar-refractivity contribution in [2.45, 2.75) is 6.54 Å². The summed E-state index contributed by atoms with van der Waals surface area (Å²) in [5.41, 5.74) is 1.99. The van der Waals surface area contributed by atoms with Crippen molar-refractivity contribution in [1.29, 1.82) is 5.26 Å². The summed E-state index contributed by atoms with van der Waals surface area (Å²) in [4.78, 5) is 2.49. The van der Waals surface area contributed by atoms with Crippen molar-refractivity contribution >= 4 is 0 Å². The number of hydrogen-bond acceptors (Lipinski definition) is 3. The van der Waals surface area contributed by atoms with Crippen LogP contribution < -0.4 is 5.32 Å². The molecule has 3 nitrogen and oxygen atoms in total. The van der Waals surface area contributed by atoms with Crippen LogP contribution in [0.15, 0.2) is 24.3 Å². The lowest BCUT2D eigenvalue weighted by Gasteiger charge is -2.17. The maximum atomic E-state index is 9.08. The van der Waals surface area contributed by atoms with Crippen LogP contribution in [0.5, 0.6) is 0 Å². The molecule has 2 saturated heterocycles. The van der Waals surface area contributed by atoms with Crippen LogP contribution in [-0.4, -0.2) is 31.1 Å². The van der Waals surface area contributed by atoms with Gasteiger partial charge in [0.2, 0.25) is 0 Å². The van der Waals surface area contributed by atoms with Crippen molar-refractivity contribution in [2.24, 2.45) is 11.8 Å². The maximum Gasteiger partial charge on any atom is 0.0995 e. The van der Waals surface area contributed by atoms with Crippen molar-refractivity contribution < 1.29 is 0 Å². The summed E-state index contributed by atoms with van der Waals surface area (Å²) in [5.74, 6) is 1.65. The minimum Gasteiger partial charge on any atom is -0.316 e. The van der Waals surface area contributed by atoms with E-state index in [0.29, 0.717) is 0 Å². The summed E-state index contributed by atoms with van der Waals surface area (Å²) in [6, 6.07) is 10.2. The van der Waals surface area contributed by atoms with E-state index in [1.165, 1.54) is 31.7 Å². The summed E-state index contributed by atoms with van der Waals surface area (Å²) in [6.45, 7) is 5.62. The molecule has 2 aliphatic heterocycles. The highest BCUT2D eigenvalue weighted by Gasteiger charge is 2.35. The molecule has 3 rings (SSSR count). The smallest absolute Gasteiger partial charge is 0.0995 e. The molecule has 2 atom stereocenters. The van der Waals surface area contributed by atoms with E-state index < -0.39 is 0 Å². The molecule has 2 fully saturated rings. The first-order chi connectivity index (χ1) is 8.36. The molecule has 0 bridgehead atoms. The van der Waals surface area contributed by atoms with Gasteiger partial charge in [-0.3, -0.25) is 4.90 Å². The molecular weight excluding hydrogens is 210 g/mol. The normalized spacial score (nSPS) is 27.9. The van der Waals surface area contributed by atoms with Gasteiger partial charge in [0, 0.05) is 19.6 Å². The van der Waals surface area contributed by atoms with Crippen LogP contribution in [0.25, 0.3) is 0 Å². The standard InChI is InChI=1S/C14H17N3/c15-5-11-3-1-2-4-12(11)8-17-9-13-6-16-7-14(13)10-17/h1-4,13-14,16H,6-10H2/t13-,14+. The van der Waals surface area contributed by atoms with E-state index in [1.807, 2.05) is 18.2 Å². The molecule has 3 heteroatoms. The zero-order valence-electron chi connectivity index (χ0n) is 9.89. The second-order valence-corrected chi connectivity index (χ2v) is 5.14. The molecule has 0 saturated carbocycles. The molecule has 0 unspecified atom stereocenters. The fourth-order valence-electron chi connectivity index (χ4n) is 3.09. The third-order valence-corrected chi connectivity index (χ3v) is 4.00. The molecule has 17 heavy (non-hydrogen) atoms. The second kappa shape index (κ2) is 4.48. The summed E-state index contributed by atoms with van der Waals surface area (Å²) >= 11 is 0. The van der Waals surface area contributed by atoms with Gasteiger partial charge >= 0.3 is 0 Å². The third-order valence-electron chi connectivity index (χ3n) is 4.00. The van der Waals surface area contributed by atoms with E-state index in [4.69, 9.17) is 5.26 Å². The molecular formula is C14H17N3. The monoisotopic (exact) mass is 227 g/mol. The number of nitrogens with zero attached hydrogens (tertiary/aromatic N) is 2. The first kappa shape index (κ1) is 10.8. The van der Waals surface area contributed by atoms with Crippen molar-refractivity contribution in [3.63, 3.8) is 0 Å². The number of likely N-dealkylation sites (tertiary alicyclic amines) is 1. The molecule has 0 radical (unpaired) electrons. The Bertz CT molecular complexity index is 437. The first-order valence-electron chi connectivity index (χ1n) is 6.28. The van der Waals surface area contributed by atoms with Crippen molar-refractivity contribution in [3.8, 4) is 6.07 Å². The molecule has 2 heterocycles. The van der Waals surface area contributed by atoms with Gasteiger partial charge in [-0.25, -0.2) is 0 Å². The molecule has 0 amide bonds. The molecule has 0 aromatic heterocycles. The Morgan fingerprint density at radius 2 is 1.94 bits per heavy atom. The first-order valence-corrected chi connectivity index (χ1v) is 6.28. The predicted molar refractivity (Wildman–Crippen MR) is 66.3 cm³/mol. The summed E-state index contributed by atoms with van der Waals surface area (Å²) < 4.78 is 0. The summed E-state index contributed by atoms with van der Waals surface area (Å²) in [7, 11) is 0. The Kier molecular flexibility index (Phi) is 2.84. The second-order valence-electron chi connectivity index (χ2n) is 5.14. The van der Waals surface area contributed by atoms with Crippen molar-refractivity contribution in [2.75, 3.05) is 26.2 Å². The van der Waals surface area contributed by atoms with E-state index in [0.717, 1.165) is 23.9 Å². The van der Waals surface area contributed by atoms with E-state index in [-0.39, 0.29) is 0 Å². The SMILES string of the molecule is N#Cc1ccccc1CN1C[C@H]2CNC[C@H]2C1. The fraction of sp³-hybridized carbons (Fsp3) is 0.500.